The molecular weight excluding hydrogens is 406 g/mol. The monoisotopic (exact) mass is 423 g/mol. The molecule has 0 fully saturated rings. The maximum absolute atomic E-state index is 13.4. The number of fused-ring (bicyclic) bond motifs is 1. The first-order valence-electron chi connectivity index (χ1n) is 9.72. The molecule has 0 aliphatic rings. The molecule has 0 aliphatic carbocycles. The van der Waals surface area contributed by atoms with Crippen LogP contribution in [-0.4, -0.2) is 15.9 Å². The van der Waals surface area contributed by atoms with E-state index in [1.807, 2.05) is 78.9 Å². The summed E-state index contributed by atoms with van der Waals surface area (Å²) in [7, 11) is 0. The van der Waals surface area contributed by atoms with Crippen LogP contribution in [-0.2, 0) is 0 Å². The molecule has 0 radical (unpaired) electrons. The van der Waals surface area contributed by atoms with Crippen molar-refractivity contribution in [1.82, 2.24) is 9.97 Å². The fourth-order valence-electron chi connectivity index (χ4n) is 3.16. The molecule has 0 atom stereocenters. The first kappa shape index (κ1) is 19.0. The standard InChI is InChI=1S/C25H17N3O2S/c29-24(22-11-6-7-17-26-22)28(25-27-21-10-4-5-12-23(21)31-25)18-13-15-20(16-14-18)30-19-8-2-1-3-9-19/h1-17H. The van der Waals surface area contributed by atoms with Crippen molar-refractivity contribution < 1.29 is 9.53 Å². The Kier molecular flexibility index (Phi) is 5.12. The third-order valence-corrected chi connectivity index (χ3v) is 5.66. The third kappa shape index (κ3) is 4.01. The molecule has 0 N–H and O–H groups in total. The van der Waals surface area contributed by atoms with Crippen molar-refractivity contribution in [2.45, 2.75) is 0 Å². The SMILES string of the molecule is O=C(c1ccccn1)N(c1ccc(Oc2ccccc2)cc1)c1nc2ccccc2s1. The molecule has 0 aliphatic heterocycles. The average molecular weight is 423 g/mol. The molecule has 2 heterocycles. The number of carbonyl (C=O) groups excluding carboxylic acids is 1. The number of thiazole rings is 1. The summed E-state index contributed by atoms with van der Waals surface area (Å²) in [5.41, 5.74) is 1.90. The lowest BCUT2D eigenvalue weighted by Crippen LogP contribution is -2.26. The molecule has 2 aromatic heterocycles. The molecule has 3 aromatic carbocycles. The number of hydrogen-bond donors (Lipinski definition) is 0. The highest BCUT2D eigenvalue weighted by atomic mass is 32.1. The quantitative estimate of drug-likeness (QED) is 0.325. The van der Waals surface area contributed by atoms with Crippen molar-refractivity contribution in [3.8, 4) is 11.5 Å². The van der Waals surface area contributed by atoms with Crippen LogP contribution in [0.1, 0.15) is 10.5 Å². The maximum atomic E-state index is 13.4. The van der Waals surface area contributed by atoms with Gasteiger partial charge in [0.15, 0.2) is 5.13 Å². The highest BCUT2D eigenvalue weighted by Crippen LogP contribution is 2.35. The zero-order chi connectivity index (χ0) is 21.0. The van der Waals surface area contributed by atoms with E-state index in [0.29, 0.717) is 22.3 Å². The van der Waals surface area contributed by atoms with Crippen LogP contribution < -0.4 is 9.64 Å². The number of carbonyl (C=O) groups is 1. The van der Waals surface area contributed by atoms with Gasteiger partial charge >= 0.3 is 0 Å². The highest BCUT2D eigenvalue weighted by molar-refractivity contribution is 7.22. The number of amides is 1. The van der Waals surface area contributed by atoms with Gasteiger partial charge in [0, 0.05) is 6.20 Å². The van der Waals surface area contributed by atoms with Crippen LogP contribution in [0.2, 0.25) is 0 Å². The molecule has 0 unspecified atom stereocenters. The van der Waals surface area contributed by atoms with Gasteiger partial charge in [-0.1, -0.05) is 47.7 Å². The Balaban J connectivity index is 1.53. The van der Waals surface area contributed by atoms with Crippen LogP contribution in [0.3, 0.4) is 0 Å². The van der Waals surface area contributed by atoms with Gasteiger partial charge in [-0.3, -0.25) is 14.7 Å². The number of ether oxygens (including phenoxy) is 1. The van der Waals surface area contributed by atoms with E-state index in [9.17, 15) is 4.79 Å². The van der Waals surface area contributed by atoms with E-state index >= 15 is 0 Å². The Morgan fingerprint density at radius 3 is 2.23 bits per heavy atom. The van der Waals surface area contributed by atoms with Crippen molar-refractivity contribution in [2.24, 2.45) is 0 Å². The summed E-state index contributed by atoms with van der Waals surface area (Å²) >= 11 is 1.46. The predicted molar refractivity (Wildman–Crippen MR) is 123 cm³/mol. The first-order valence-corrected chi connectivity index (χ1v) is 10.5. The zero-order valence-electron chi connectivity index (χ0n) is 16.4. The first-order chi connectivity index (χ1) is 15.3. The Morgan fingerprint density at radius 1 is 0.774 bits per heavy atom. The Labute approximate surface area is 183 Å². The van der Waals surface area contributed by atoms with Crippen molar-refractivity contribution in [3.05, 3.63) is 109 Å². The molecule has 0 saturated heterocycles. The van der Waals surface area contributed by atoms with E-state index in [1.165, 1.54) is 11.3 Å². The molecule has 1 amide bonds. The van der Waals surface area contributed by atoms with Gasteiger partial charge in [0.25, 0.3) is 5.91 Å². The Morgan fingerprint density at radius 2 is 1.48 bits per heavy atom. The van der Waals surface area contributed by atoms with Gasteiger partial charge in [-0.15, -0.1) is 0 Å². The van der Waals surface area contributed by atoms with E-state index < -0.39 is 0 Å². The molecule has 5 rings (SSSR count). The van der Waals surface area contributed by atoms with Crippen molar-refractivity contribution in [1.29, 1.82) is 0 Å². The third-order valence-electron chi connectivity index (χ3n) is 4.63. The highest BCUT2D eigenvalue weighted by Gasteiger charge is 2.24. The van der Waals surface area contributed by atoms with Gasteiger partial charge in [-0.25, -0.2) is 4.98 Å². The lowest BCUT2D eigenvalue weighted by atomic mass is 10.2. The number of hydrogen-bond acceptors (Lipinski definition) is 5. The predicted octanol–water partition coefficient (Wildman–Crippen LogP) is 6.46. The Bertz CT molecular complexity index is 1290. The second kappa shape index (κ2) is 8.38. The minimum absolute atomic E-state index is 0.239. The molecule has 5 aromatic rings. The average Bonchev–Trinajstić information content (AvgIpc) is 3.25. The van der Waals surface area contributed by atoms with E-state index in [-0.39, 0.29) is 5.91 Å². The molecule has 31 heavy (non-hydrogen) atoms. The van der Waals surface area contributed by atoms with Crippen molar-refractivity contribution in [2.75, 3.05) is 4.90 Å². The zero-order valence-corrected chi connectivity index (χ0v) is 17.2. The molecule has 6 heteroatoms. The molecule has 0 bridgehead atoms. The van der Waals surface area contributed by atoms with Crippen LogP contribution >= 0.6 is 11.3 Å². The van der Waals surface area contributed by atoms with Gasteiger partial charge in [-0.05, 0) is 60.7 Å². The van der Waals surface area contributed by atoms with E-state index in [2.05, 4.69) is 4.98 Å². The molecule has 5 nitrogen and oxygen atoms in total. The summed E-state index contributed by atoms with van der Waals surface area (Å²) in [5, 5.41) is 0.591. The van der Waals surface area contributed by atoms with Gasteiger partial charge in [0.05, 0.1) is 15.9 Å². The van der Waals surface area contributed by atoms with Crippen LogP contribution in [0.25, 0.3) is 10.2 Å². The maximum Gasteiger partial charge on any atom is 0.283 e. The molecule has 0 saturated carbocycles. The number of anilines is 2. The lowest BCUT2D eigenvalue weighted by Gasteiger charge is -2.20. The largest absolute Gasteiger partial charge is 0.457 e. The number of nitrogens with zero attached hydrogens (tertiary/aromatic N) is 3. The minimum atomic E-state index is -0.239. The van der Waals surface area contributed by atoms with Crippen LogP contribution in [0, 0.1) is 0 Å². The summed E-state index contributed by atoms with van der Waals surface area (Å²) in [6, 6.07) is 30.1. The number of pyridine rings is 1. The second-order valence-electron chi connectivity index (χ2n) is 6.73. The van der Waals surface area contributed by atoms with E-state index in [4.69, 9.17) is 9.72 Å². The second-order valence-corrected chi connectivity index (χ2v) is 7.74. The summed E-state index contributed by atoms with van der Waals surface area (Å²) in [4.78, 5) is 23.9. The minimum Gasteiger partial charge on any atom is -0.457 e. The van der Waals surface area contributed by atoms with Gasteiger partial charge < -0.3 is 4.74 Å². The molecule has 150 valence electrons. The number of para-hydroxylation sites is 2. The van der Waals surface area contributed by atoms with Crippen LogP contribution in [0.4, 0.5) is 10.8 Å². The van der Waals surface area contributed by atoms with Crippen LogP contribution in [0.5, 0.6) is 11.5 Å². The van der Waals surface area contributed by atoms with Gasteiger partial charge in [-0.2, -0.15) is 0 Å². The summed E-state index contributed by atoms with van der Waals surface area (Å²) in [6.45, 7) is 0. The number of rotatable bonds is 5. The van der Waals surface area contributed by atoms with Gasteiger partial charge in [0.2, 0.25) is 0 Å². The fraction of sp³-hybridized carbons (Fsp3) is 0. The van der Waals surface area contributed by atoms with Crippen LogP contribution in [0.15, 0.2) is 103 Å². The molecule has 0 spiro atoms. The molecular formula is C25H17N3O2S. The van der Waals surface area contributed by atoms with Crippen molar-refractivity contribution >= 4 is 38.3 Å². The van der Waals surface area contributed by atoms with Gasteiger partial charge in [0.1, 0.15) is 17.2 Å². The van der Waals surface area contributed by atoms with E-state index in [0.717, 1.165) is 16.0 Å². The summed E-state index contributed by atoms with van der Waals surface area (Å²) in [5.74, 6) is 1.20. The topological polar surface area (TPSA) is 55.3 Å². The summed E-state index contributed by atoms with van der Waals surface area (Å²) in [6.07, 6.45) is 1.61. The smallest absolute Gasteiger partial charge is 0.283 e. The number of aromatic nitrogens is 2. The fourth-order valence-corrected chi connectivity index (χ4v) is 4.15. The Hall–Kier alpha value is -4.03. The number of benzene rings is 3. The van der Waals surface area contributed by atoms with E-state index in [1.54, 1.807) is 29.3 Å². The summed E-state index contributed by atoms with van der Waals surface area (Å²) < 4.78 is 6.90. The normalized spacial score (nSPS) is 10.7. The lowest BCUT2D eigenvalue weighted by molar-refractivity contribution is 0.0994. The van der Waals surface area contributed by atoms with Crippen molar-refractivity contribution in [3.63, 3.8) is 0 Å².